The fraction of sp³-hybridized carbons (Fsp3) is 1.00. The van der Waals surface area contributed by atoms with Crippen LogP contribution in [0.15, 0.2) is 0 Å². The number of aliphatic hydroxyl groups excluding tert-OH is 1. The molecule has 1 atom stereocenters. The molecule has 0 aromatic rings. The van der Waals surface area contributed by atoms with Crippen molar-refractivity contribution < 1.29 is 5.11 Å². The first kappa shape index (κ1) is 14.0. The number of aliphatic hydroxyl groups is 1. The van der Waals surface area contributed by atoms with Crippen molar-refractivity contribution in [2.24, 2.45) is 10.8 Å². The molecule has 0 aromatic heterocycles. The van der Waals surface area contributed by atoms with Crippen molar-refractivity contribution >= 4 is 0 Å². The average Bonchev–Trinajstić information content (AvgIpc) is 2.26. The van der Waals surface area contributed by atoms with Crippen LogP contribution in [0.4, 0.5) is 0 Å². The van der Waals surface area contributed by atoms with Gasteiger partial charge in [0.2, 0.25) is 0 Å². The molecule has 0 spiro atoms. The zero-order chi connectivity index (χ0) is 12.4. The van der Waals surface area contributed by atoms with E-state index in [9.17, 15) is 5.11 Å². The Morgan fingerprint density at radius 3 is 2.38 bits per heavy atom. The Hall–Kier alpha value is -0.0800. The Labute approximate surface area is 101 Å². The van der Waals surface area contributed by atoms with Gasteiger partial charge in [-0.25, -0.2) is 0 Å². The van der Waals surface area contributed by atoms with Crippen LogP contribution in [-0.2, 0) is 0 Å². The third kappa shape index (κ3) is 4.42. The van der Waals surface area contributed by atoms with Gasteiger partial charge >= 0.3 is 0 Å². The van der Waals surface area contributed by atoms with Crippen LogP contribution in [-0.4, -0.2) is 35.7 Å². The van der Waals surface area contributed by atoms with E-state index in [2.05, 4.69) is 39.5 Å². The minimum atomic E-state index is -0.214. The van der Waals surface area contributed by atoms with E-state index in [0.717, 1.165) is 19.6 Å². The normalized spacial score (nSPS) is 25.1. The van der Waals surface area contributed by atoms with Gasteiger partial charge < -0.3 is 10.0 Å². The number of hydrogen-bond acceptors (Lipinski definition) is 2. The van der Waals surface area contributed by atoms with Crippen LogP contribution >= 0.6 is 0 Å². The monoisotopic (exact) mass is 227 g/mol. The minimum absolute atomic E-state index is 0.00181. The molecule has 1 aliphatic rings. The van der Waals surface area contributed by atoms with Gasteiger partial charge in [0, 0.05) is 6.54 Å². The zero-order valence-corrected chi connectivity index (χ0v) is 11.7. The predicted octanol–water partition coefficient (Wildman–Crippen LogP) is 2.91. The molecule has 0 bridgehead atoms. The van der Waals surface area contributed by atoms with E-state index >= 15 is 0 Å². The molecule has 1 fully saturated rings. The second-order valence-electron chi connectivity index (χ2n) is 7.20. The molecule has 0 radical (unpaired) electrons. The number of hydrogen-bond donors (Lipinski definition) is 1. The largest absolute Gasteiger partial charge is 0.391 e. The zero-order valence-electron chi connectivity index (χ0n) is 11.7. The van der Waals surface area contributed by atoms with E-state index in [0.29, 0.717) is 5.41 Å². The summed E-state index contributed by atoms with van der Waals surface area (Å²) in [5.41, 5.74) is 0.489. The van der Waals surface area contributed by atoms with Crippen LogP contribution < -0.4 is 0 Å². The van der Waals surface area contributed by atoms with Crippen molar-refractivity contribution in [3.8, 4) is 0 Å². The molecule has 1 rings (SSSR count). The molecule has 0 amide bonds. The Bertz CT molecular complexity index is 217. The van der Waals surface area contributed by atoms with Crippen molar-refractivity contribution in [3.05, 3.63) is 0 Å². The number of β-amino-alcohol motifs (C(OH)–C–C–N with tert-alkyl or cyclic N) is 1. The van der Waals surface area contributed by atoms with Gasteiger partial charge in [-0.05, 0) is 43.2 Å². The first-order valence-electron chi connectivity index (χ1n) is 6.61. The highest BCUT2D eigenvalue weighted by atomic mass is 16.3. The van der Waals surface area contributed by atoms with Crippen LogP contribution in [0.1, 0.15) is 53.9 Å². The van der Waals surface area contributed by atoms with E-state index in [1.807, 2.05) is 0 Å². The number of nitrogens with zero attached hydrogens (tertiary/aromatic N) is 1. The second kappa shape index (κ2) is 5.05. The molecular weight excluding hydrogens is 198 g/mol. The lowest BCUT2D eigenvalue weighted by Crippen LogP contribution is -2.40. The molecule has 0 aromatic carbocycles. The van der Waals surface area contributed by atoms with Crippen LogP contribution in [0.25, 0.3) is 0 Å². The summed E-state index contributed by atoms with van der Waals surface area (Å²) in [5, 5.41) is 10.1. The van der Waals surface area contributed by atoms with Gasteiger partial charge in [0.05, 0.1) is 6.10 Å². The van der Waals surface area contributed by atoms with Gasteiger partial charge in [-0.15, -0.1) is 0 Å². The lowest BCUT2D eigenvalue weighted by atomic mass is 9.85. The average molecular weight is 227 g/mol. The maximum absolute atomic E-state index is 10.1. The molecule has 2 nitrogen and oxygen atoms in total. The number of likely N-dealkylation sites (tertiary alicyclic amines) is 1. The third-order valence-electron chi connectivity index (χ3n) is 3.86. The van der Waals surface area contributed by atoms with Crippen LogP contribution in [0, 0.1) is 10.8 Å². The maximum Gasteiger partial charge on any atom is 0.0715 e. The van der Waals surface area contributed by atoms with Gasteiger partial charge in [-0.3, -0.25) is 0 Å². The molecular formula is C14H29NO. The lowest BCUT2D eigenvalue weighted by Gasteiger charge is -2.31. The van der Waals surface area contributed by atoms with Crippen LogP contribution in [0.3, 0.4) is 0 Å². The Morgan fingerprint density at radius 1 is 1.19 bits per heavy atom. The van der Waals surface area contributed by atoms with Gasteiger partial charge in [0.25, 0.3) is 0 Å². The molecule has 1 aliphatic heterocycles. The first-order valence-corrected chi connectivity index (χ1v) is 6.61. The highest BCUT2D eigenvalue weighted by Crippen LogP contribution is 2.30. The van der Waals surface area contributed by atoms with Gasteiger partial charge in [-0.1, -0.05) is 34.6 Å². The highest BCUT2D eigenvalue weighted by molar-refractivity contribution is 4.80. The summed E-state index contributed by atoms with van der Waals surface area (Å²) in [4.78, 5) is 2.44. The molecule has 0 aliphatic carbocycles. The summed E-state index contributed by atoms with van der Waals surface area (Å²) in [5.74, 6) is 0. The fourth-order valence-corrected chi connectivity index (χ4v) is 2.18. The molecule has 1 heterocycles. The minimum Gasteiger partial charge on any atom is -0.391 e. The van der Waals surface area contributed by atoms with E-state index in [1.165, 1.54) is 19.3 Å². The van der Waals surface area contributed by atoms with Crippen LogP contribution in [0.2, 0.25) is 0 Å². The Balaban J connectivity index is 2.44. The topological polar surface area (TPSA) is 23.5 Å². The summed E-state index contributed by atoms with van der Waals surface area (Å²) in [6, 6.07) is 0. The Kier molecular flexibility index (Phi) is 4.42. The molecule has 16 heavy (non-hydrogen) atoms. The van der Waals surface area contributed by atoms with Gasteiger partial charge in [0.15, 0.2) is 0 Å². The van der Waals surface area contributed by atoms with Crippen molar-refractivity contribution in [2.45, 2.75) is 60.0 Å². The molecule has 1 N–H and O–H groups in total. The van der Waals surface area contributed by atoms with Gasteiger partial charge in [-0.2, -0.15) is 0 Å². The fourth-order valence-electron chi connectivity index (χ4n) is 2.18. The molecule has 0 saturated carbocycles. The molecule has 2 heteroatoms. The van der Waals surface area contributed by atoms with Crippen molar-refractivity contribution in [2.75, 3.05) is 19.6 Å². The number of rotatable bonds is 2. The third-order valence-corrected chi connectivity index (χ3v) is 3.86. The van der Waals surface area contributed by atoms with E-state index in [-0.39, 0.29) is 11.5 Å². The van der Waals surface area contributed by atoms with E-state index in [4.69, 9.17) is 0 Å². The molecule has 96 valence electrons. The molecule has 1 saturated heterocycles. The molecule has 1 unspecified atom stereocenters. The summed E-state index contributed by atoms with van der Waals surface area (Å²) in [6.07, 6.45) is 3.62. The second-order valence-corrected chi connectivity index (χ2v) is 7.20. The summed E-state index contributed by atoms with van der Waals surface area (Å²) in [7, 11) is 0. The van der Waals surface area contributed by atoms with E-state index < -0.39 is 0 Å². The smallest absolute Gasteiger partial charge is 0.0715 e. The quantitative estimate of drug-likeness (QED) is 0.784. The highest BCUT2D eigenvalue weighted by Gasteiger charge is 2.27. The van der Waals surface area contributed by atoms with E-state index in [1.54, 1.807) is 0 Å². The standard InChI is InChI=1S/C14H29NO/c1-13(2,3)12(16)11-15-9-6-7-14(4,5)8-10-15/h12,16H,6-11H2,1-5H3. The summed E-state index contributed by atoms with van der Waals surface area (Å²) >= 11 is 0. The maximum atomic E-state index is 10.1. The van der Waals surface area contributed by atoms with Crippen molar-refractivity contribution in [1.82, 2.24) is 4.90 Å². The first-order chi connectivity index (χ1) is 7.21. The van der Waals surface area contributed by atoms with Gasteiger partial charge in [0.1, 0.15) is 0 Å². The Morgan fingerprint density at radius 2 is 1.81 bits per heavy atom. The summed E-state index contributed by atoms with van der Waals surface area (Å²) in [6.45, 7) is 14.2. The predicted molar refractivity (Wildman–Crippen MR) is 69.5 cm³/mol. The lowest BCUT2D eigenvalue weighted by molar-refractivity contribution is 0.0286. The van der Waals surface area contributed by atoms with Crippen molar-refractivity contribution in [3.63, 3.8) is 0 Å². The van der Waals surface area contributed by atoms with Crippen molar-refractivity contribution in [1.29, 1.82) is 0 Å². The SMILES string of the molecule is CC1(C)CCCN(CC(O)C(C)(C)C)CC1. The van der Waals surface area contributed by atoms with Crippen LogP contribution in [0.5, 0.6) is 0 Å². The summed E-state index contributed by atoms with van der Waals surface area (Å²) < 4.78 is 0.